The van der Waals surface area contributed by atoms with E-state index < -0.39 is 6.10 Å². The Kier molecular flexibility index (Phi) is 8.32. The number of aliphatic hydroxyl groups excluding tert-OH is 1. The summed E-state index contributed by atoms with van der Waals surface area (Å²) >= 11 is 0. The second-order valence-electron chi connectivity index (χ2n) is 6.03. The van der Waals surface area contributed by atoms with Crippen LogP contribution in [0.2, 0.25) is 0 Å². The van der Waals surface area contributed by atoms with Crippen LogP contribution in [0.5, 0.6) is 0 Å². The number of guanidine groups is 1. The summed E-state index contributed by atoms with van der Waals surface area (Å²) in [6.07, 6.45) is 0.0786. The van der Waals surface area contributed by atoms with Crippen LogP contribution >= 0.6 is 0 Å². The van der Waals surface area contributed by atoms with Crippen LogP contribution in [0.1, 0.15) is 40.9 Å². The summed E-state index contributed by atoms with van der Waals surface area (Å²) in [6.45, 7) is 3.83. The number of carbonyl (C=O) groups is 1. The number of aliphatic imine (C=N–C) groups is 1. The normalized spacial score (nSPS) is 12.3. The maximum atomic E-state index is 11.5. The molecule has 0 saturated carbocycles. The highest BCUT2D eigenvalue weighted by Gasteiger charge is 2.07. The van der Waals surface area contributed by atoms with Gasteiger partial charge in [-0.2, -0.15) is 0 Å². The summed E-state index contributed by atoms with van der Waals surface area (Å²) in [5.74, 6) is 0.340. The van der Waals surface area contributed by atoms with E-state index in [1.807, 2.05) is 49.4 Å². The molecule has 0 bridgehead atoms. The summed E-state index contributed by atoms with van der Waals surface area (Å²) in [5, 5.41) is 16.6. The minimum absolute atomic E-state index is 0.350. The number of aliphatic hydroxyl groups is 1. The standard InChI is InChI=1S/C21H27N3O3/c1-3-22-21(23-14-13-19(25)17-7-5-4-6-8-17)24-15-16-9-11-18(12-10-16)20(26)27-2/h4-12,19,25H,3,13-15H2,1-2H3,(H2,22,23,24). The highest BCUT2D eigenvalue weighted by Crippen LogP contribution is 2.14. The molecule has 3 N–H and O–H groups in total. The molecule has 0 radical (unpaired) electrons. The van der Waals surface area contributed by atoms with Crippen molar-refractivity contribution in [3.8, 4) is 0 Å². The molecule has 27 heavy (non-hydrogen) atoms. The molecular formula is C21H27N3O3. The molecule has 2 aromatic carbocycles. The van der Waals surface area contributed by atoms with Crippen LogP contribution in [0.3, 0.4) is 0 Å². The van der Waals surface area contributed by atoms with Gasteiger partial charge in [0.25, 0.3) is 0 Å². The summed E-state index contributed by atoms with van der Waals surface area (Å²) in [4.78, 5) is 16.0. The van der Waals surface area contributed by atoms with E-state index in [1.165, 1.54) is 7.11 Å². The van der Waals surface area contributed by atoms with Crippen LogP contribution in [-0.4, -0.2) is 37.2 Å². The van der Waals surface area contributed by atoms with Crippen molar-refractivity contribution in [3.63, 3.8) is 0 Å². The lowest BCUT2D eigenvalue weighted by Crippen LogP contribution is -2.38. The molecular weight excluding hydrogens is 342 g/mol. The molecule has 0 saturated heterocycles. The number of hydrogen-bond acceptors (Lipinski definition) is 4. The summed E-state index contributed by atoms with van der Waals surface area (Å²) in [7, 11) is 1.36. The van der Waals surface area contributed by atoms with Crippen molar-refractivity contribution < 1.29 is 14.6 Å². The molecule has 0 fully saturated rings. The predicted octanol–water partition coefficient (Wildman–Crippen LogP) is 2.65. The van der Waals surface area contributed by atoms with E-state index >= 15 is 0 Å². The molecule has 0 aromatic heterocycles. The summed E-state index contributed by atoms with van der Waals surface area (Å²) in [5.41, 5.74) is 2.42. The molecule has 0 aliphatic rings. The second-order valence-corrected chi connectivity index (χ2v) is 6.03. The van der Waals surface area contributed by atoms with Gasteiger partial charge < -0.3 is 20.5 Å². The minimum atomic E-state index is -0.507. The number of methoxy groups -OCH3 is 1. The van der Waals surface area contributed by atoms with E-state index in [0.717, 1.165) is 17.7 Å². The van der Waals surface area contributed by atoms with Gasteiger partial charge in [-0.25, -0.2) is 9.79 Å². The first-order valence-electron chi connectivity index (χ1n) is 9.06. The fourth-order valence-corrected chi connectivity index (χ4v) is 2.55. The van der Waals surface area contributed by atoms with E-state index in [1.54, 1.807) is 12.1 Å². The molecule has 0 spiro atoms. The molecule has 0 amide bonds. The number of benzene rings is 2. The Balaban J connectivity index is 1.87. The topological polar surface area (TPSA) is 83.0 Å². The zero-order valence-electron chi connectivity index (χ0n) is 15.8. The lowest BCUT2D eigenvalue weighted by Gasteiger charge is -2.14. The minimum Gasteiger partial charge on any atom is -0.465 e. The van der Waals surface area contributed by atoms with Crippen LogP contribution in [0, 0.1) is 0 Å². The van der Waals surface area contributed by atoms with Crippen molar-refractivity contribution in [2.75, 3.05) is 20.2 Å². The second kappa shape index (κ2) is 11.0. The number of hydrogen-bond donors (Lipinski definition) is 3. The van der Waals surface area contributed by atoms with Gasteiger partial charge in [-0.1, -0.05) is 42.5 Å². The Morgan fingerprint density at radius 1 is 1.11 bits per heavy atom. The number of carbonyl (C=O) groups excluding carboxylic acids is 1. The maximum Gasteiger partial charge on any atom is 0.337 e. The highest BCUT2D eigenvalue weighted by molar-refractivity contribution is 5.89. The summed E-state index contributed by atoms with van der Waals surface area (Å²) in [6, 6.07) is 16.8. The molecule has 0 aliphatic heterocycles. The SMILES string of the molecule is CCNC(=NCc1ccc(C(=O)OC)cc1)NCCC(O)c1ccccc1. The van der Waals surface area contributed by atoms with Gasteiger partial charge in [0.1, 0.15) is 0 Å². The molecule has 6 heteroatoms. The number of rotatable bonds is 8. The quantitative estimate of drug-likeness (QED) is 0.379. The van der Waals surface area contributed by atoms with Crippen molar-refractivity contribution in [1.29, 1.82) is 0 Å². The summed E-state index contributed by atoms with van der Waals surface area (Å²) < 4.78 is 4.69. The Morgan fingerprint density at radius 2 is 1.81 bits per heavy atom. The molecule has 1 unspecified atom stereocenters. The largest absolute Gasteiger partial charge is 0.465 e. The van der Waals surface area contributed by atoms with Gasteiger partial charge in [-0.15, -0.1) is 0 Å². The molecule has 0 heterocycles. The Labute approximate surface area is 160 Å². The molecule has 2 aromatic rings. The fourth-order valence-electron chi connectivity index (χ4n) is 2.55. The van der Waals surface area contributed by atoms with Crippen LogP contribution in [0.4, 0.5) is 0 Å². The van der Waals surface area contributed by atoms with Crippen LogP contribution < -0.4 is 10.6 Å². The smallest absolute Gasteiger partial charge is 0.337 e. The zero-order chi connectivity index (χ0) is 19.5. The van der Waals surface area contributed by atoms with E-state index in [0.29, 0.717) is 31.0 Å². The number of esters is 1. The van der Waals surface area contributed by atoms with Crippen LogP contribution in [0.25, 0.3) is 0 Å². The van der Waals surface area contributed by atoms with Crippen molar-refractivity contribution in [3.05, 3.63) is 71.3 Å². The van der Waals surface area contributed by atoms with Crippen LogP contribution in [-0.2, 0) is 11.3 Å². The number of nitrogens with zero attached hydrogens (tertiary/aromatic N) is 1. The van der Waals surface area contributed by atoms with Crippen molar-refractivity contribution in [1.82, 2.24) is 10.6 Å². The third kappa shape index (κ3) is 6.75. The monoisotopic (exact) mass is 369 g/mol. The lowest BCUT2D eigenvalue weighted by molar-refractivity contribution is 0.0600. The van der Waals surface area contributed by atoms with E-state index in [4.69, 9.17) is 4.74 Å². The first-order chi connectivity index (χ1) is 13.1. The van der Waals surface area contributed by atoms with E-state index in [2.05, 4.69) is 15.6 Å². The fraction of sp³-hybridized carbons (Fsp3) is 0.333. The Morgan fingerprint density at radius 3 is 2.44 bits per heavy atom. The van der Waals surface area contributed by atoms with Gasteiger partial charge in [0.05, 0.1) is 25.3 Å². The third-order valence-corrected chi connectivity index (χ3v) is 4.03. The zero-order valence-corrected chi connectivity index (χ0v) is 15.8. The van der Waals surface area contributed by atoms with Gasteiger partial charge in [0.2, 0.25) is 0 Å². The lowest BCUT2D eigenvalue weighted by atomic mass is 10.1. The third-order valence-electron chi connectivity index (χ3n) is 4.03. The average Bonchev–Trinajstić information content (AvgIpc) is 2.72. The van der Waals surface area contributed by atoms with E-state index in [9.17, 15) is 9.90 Å². The van der Waals surface area contributed by atoms with Gasteiger partial charge in [-0.05, 0) is 36.6 Å². The van der Waals surface area contributed by atoms with Crippen molar-refractivity contribution in [2.45, 2.75) is 26.0 Å². The maximum absolute atomic E-state index is 11.5. The van der Waals surface area contributed by atoms with Gasteiger partial charge in [0.15, 0.2) is 5.96 Å². The first-order valence-corrected chi connectivity index (χ1v) is 9.06. The molecule has 144 valence electrons. The molecule has 6 nitrogen and oxygen atoms in total. The first kappa shape index (κ1) is 20.5. The number of ether oxygens (including phenoxy) is 1. The Bertz CT molecular complexity index is 730. The van der Waals surface area contributed by atoms with Crippen molar-refractivity contribution >= 4 is 11.9 Å². The van der Waals surface area contributed by atoms with E-state index in [-0.39, 0.29) is 5.97 Å². The molecule has 2 rings (SSSR count). The van der Waals surface area contributed by atoms with Crippen LogP contribution in [0.15, 0.2) is 59.6 Å². The van der Waals surface area contributed by atoms with Gasteiger partial charge in [0, 0.05) is 13.1 Å². The highest BCUT2D eigenvalue weighted by atomic mass is 16.5. The van der Waals surface area contributed by atoms with Gasteiger partial charge >= 0.3 is 5.97 Å². The number of nitrogens with one attached hydrogen (secondary N) is 2. The van der Waals surface area contributed by atoms with Gasteiger partial charge in [-0.3, -0.25) is 0 Å². The molecule has 0 aliphatic carbocycles. The molecule has 1 atom stereocenters. The average molecular weight is 369 g/mol. The Hall–Kier alpha value is -2.86. The van der Waals surface area contributed by atoms with Crippen molar-refractivity contribution in [2.24, 2.45) is 4.99 Å². The predicted molar refractivity (Wildman–Crippen MR) is 107 cm³/mol.